The molecule has 0 bridgehead atoms. The fourth-order valence-corrected chi connectivity index (χ4v) is 4.36. The maximum Gasteiger partial charge on any atom is 0.261 e. The van der Waals surface area contributed by atoms with Gasteiger partial charge in [0.25, 0.3) is 11.5 Å². The molecule has 0 aliphatic carbocycles. The lowest BCUT2D eigenvalue weighted by Crippen LogP contribution is -2.38. The molecule has 0 aliphatic heterocycles. The van der Waals surface area contributed by atoms with Gasteiger partial charge in [-0.15, -0.1) is 0 Å². The zero-order valence-electron chi connectivity index (χ0n) is 19.7. The molecule has 4 rings (SSSR count). The van der Waals surface area contributed by atoms with E-state index >= 15 is 0 Å². The second kappa shape index (κ2) is 11.1. The lowest BCUT2D eigenvalue weighted by Gasteiger charge is -2.32. The Hall–Kier alpha value is -3.84. The molecule has 1 amide bonds. The van der Waals surface area contributed by atoms with Gasteiger partial charge in [-0.2, -0.15) is 0 Å². The predicted octanol–water partition coefficient (Wildman–Crippen LogP) is 4.37. The van der Waals surface area contributed by atoms with E-state index in [1.807, 2.05) is 43.3 Å². The molecule has 4 aromatic rings. The van der Waals surface area contributed by atoms with Crippen molar-refractivity contribution in [3.63, 3.8) is 0 Å². The van der Waals surface area contributed by atoms with Crippen molar-refractivity contribution in [2.75, 3.05) is 13.1 Å². The number of benzene rings is 2. The smallest absolute Gasteiger partial charge is 0.261 e. The van der Waals surface area contributed by atoms with E-state index in [2.05, 4.69) is 0 Å². The van der Waals surface area contributed by atoms with Crippen LogP contribution in [0.3, 0.4) is 0 Å². The Bertz CT molecular complexity index is 1350. The summed E-state index contributed by atoms with van der Waals surface area (Å²) in [6.07, 6.45) is 3.24. The van der Waals surface area contributed by atoms with Crippen molar-refractivity contribution in [1.29, 1.82) is 0 Å². The maximum absolute atomic E-state index is 13.6. The third kappa shape index (κ3) is 5.30. The van der Waals surface area contributed by atoms with E-state index in [0.29, 0.717) is 54.8 Å². The first-order valence-electron chi connectivity index (χ1n) is 11.8. The Labute approximate surface area is 203 Å². The zero-order valence-corrected chi connectivity index (χ0v) is 19.7. The monoisotopic (exact) mass is 472 g/mol. The lowest BCUT2D eigenvalue weighted by atomic mass is 9.97. The Morgan fingerprint density at radius 2 is 1.77 bits per heavy atom. The van der Waals surface area contributed by atoms with E-state index in [4.69, 9.17) is 10.7 Å². The van der Waals surface area contributed by atoms with Crippen molar-refractivity contribution in [1.82, 2.24) is 14.3 Å². The molecule has 2 aromatic carbocycles. The third-order valence-electron chi connectivity index (χ3n) is 6.12. The molecular formula is C28H29FN4O2. The molecule has 0 aliphatic rings. The second-order valence-electron chi connectivity index (χ2n) is 8.44. The molecule has 0 saturated heterocycles. The Morgan fingerprint density at radius 3 is 2.46 bits per heavy atom. The normalized spacial score (nSPS) is 12.0. The van der Waals surface area contributed by atoms with Crippen molar-refractivity contribution in [2.24, 2.45) is 5.73 Å². The largest absolute Gasteiger partial charge is 0.330 e. The lowest BCUT2D eigenvalue weighted by molar-refractivity contribution is 0.0664. The number of carbonyl (C=O) groups is 1. The van der Waals surface area contributed by atoms with E-state index in [1.165, 1.54) is 24.3 Å². The van der Waals surface area contributed by atoms with E-state index < -0.39 is 11.9 Å². The minimum absolute atomic E-state index is 0.152. The van der Waals surface area contributed by atoms with Gasteiger partial charge in [0, 0.05) is 30.3 Å². The number of nitrogens with two attached hydrogens (primary N) is 1. The average Bonchev–Trinajstić information content (AvgIpc) is 2.89. The van der Waals surface area contributed by atoms with E-state index in [1.54, 1.807) is 27.6 Å². The number of rotatable bonds is 9. The first-order chi connectivity index (χ1) is 17.0. The summed E-state index contributed by atoms with van der Waals surface area (Å²) in [6.45, 7) is 2.78. The summed E-state index contributed by atoms with van der Waals surface area (Å²) in [5.74, 6) is -0.650. The number of hydrogen-bond donors (Lipinski definition) is 1. The van der Waals surface area contributed by atoms with Crippen LogP contribution < -0.4 is 11.3 Å². The number of nitrogens with zero attached hydrogens (tertiary/aromatic N) is 3. The van der Waals surface area contributed by atoms with Gasteiger partial charge in [0.2, 0.25) is 0 Å². The van der Waals surface area contributed by atoms with Crippen LogP contribution in [0.1, 0.15) is 53.0 Å². The molecular weight excluding hydrogens is 443 g/mol. The number of fused-ring (bicyclic) bond motifs is 1. The minimum Gasteiger partial charge on any atom is -0.330 e. The molecule has 0 spiro atoms. The van der Waals surface area contributed by atoms with Crippen molar-refractivity contribution in [2.45, 2.75) is 32.2 Å². The van der Waals surface area contributed by atoms with Crippen LogP contribution in [0.4, 0.5) is 4.39 Å². The fourth-order valence-electron chi connectivity index (χ4n) is 4.36. The first-order valence-corrected chi connectivity index (χ1v) is 11.8. The third-order valence-corrected chi connectivity index (χ3v) is 6.12. The van der Waals surface area contributed by atoms with Gasteiger partial charge in [-0.1, -0.05) is 43.3 Å². The molecule has 6 nitrogen and oxygen atoms in total. The van der Waals surface area contributed by atoms with Crippen LogP contribution in [0.2, 0.25) is 0 Å². The minimum atomic E-state index is -0.448. The van der Waals surface area contributed by atoms with Gasteiger partial charge in [0.15, 0.2) is 0 Å². The molecule has 0 saturated carbocycles. The van der Waals surface area contributed by atoms with Crippen LogP contribution in [0.15, 0.2) is 83.8 Å². The Kier molecular flexibility index (Phi) is 7.67. The quantitative estimate of drug-likeness (QED) is 0.392. The summed E-state index contributed by atoms with van der Waals surface area (Å²) in [5.41, 5.74) is 8.66. The van der Waals surface area contributed by atoms with Crippen LogP contribution in [-0.2, 0) is 6.42 Å². The molecule has 2 aromatic heterocycles. The van der Waals surface area contributed by atoms with Gasteiger partial charge in [-0.05, 0) is 61.3 Å². The number of pyridine rings is 1. The highest BCUT2D eigenvalue weighted by Crippen LogP contribution is 2.28. The highest BCUT2D eigenvalue weighted by atomic mass is 19.1. The second-order valence-corrected chi connectivity index (χ2v) is 8.44. The van der Waals surface area contributed by atoms with Crippen LogP contribution in [-0.4, -0.2) is 33.3 Å². The van der Waals surface area contributed by atoms with Crippen molar-refractivity contribution in [3.05, 3.63) is 118 Å². The highest BCUT2D eigenvalue weighted by molar-refractivity contribution is 5.94. The number of hydrogen-bond acceptors (Lipinski definition) is 4. The maximum atomic E-state index is 13.6. The molecule has 0 fully saturated rings. The molecule has 1 atom stereocenters. The number of carbonyl (C=O) groups excluding carboxylic acids is 1. The predicted molar refractivity (Wildman–Crippen MR) is 135 cm³/mol. The van der Waals surface area contributed by atoms with Crippen LogP contribution >= 0.6 is 0 Å². The topological polar surface area (TPSA) is 80.7 Å². The summed E-state index contributed by atoms with van der Waals surface area (Å²) in [7, 11) is 0. The van der Waals surface area contributed by atoms with Gasteiger partial charge in [0.05, 0.1) is 11.7 Å². The molecule has 2 N–H and O–H groups in total. The first kappa shape index (κ1) is 24.3. The SMILES string of the molecule is CCC(c1nc2ccccn2c(=O)c1Cc1ccccc1)N(CCCN)C(=O)c1ccc(F)cc1. The molecule has 2 heterocycles. The van der Waals surface area contributed by atoms with Crippen molar-refractivity contribution < 1.29 is 9.18 Å². The van der Waals surface area contributed by atoms with Gasteiger partial charge >= 0.3 is 0 Å². The number of amides is 1. The van der Waals surface area contributed by atoms with E-state index in [9.17, 15) is 14.0 Å². The van der Waals surface area contributed by atoms with Crippen molar-refractivity contribution >= 4 is 11.6 Å². The van der Waals surface area contributed by atoms with Gasteiger partial charge in [-0.3, -0.25) is 14.0 Å². The average molecular weight is 473 g/mol. The zero-order chi connectivity index (χ0) is 24.8. The van der Waals surface area contributed by atoms with Gasteiger partial charge < -0.3 is 10.6 Å². The molecule has 35 heavy (non-hydrogen) atoms. The van der Waals surface area contributed by atoms with E-state index in [0.717, 1.165) is 5.56 Å². The molecule has 7 heteroatoms. The molecule has 180 valence electrons. The van der Waals surface area contributed by atoms with Crippen LogP contribution in [0.5, 0.6) is 0 Å². The highest BCUT2D eigenvalue weighted by Gasteiger charge is 2.29. The van der Waals surface area contributed by atoms with Gasteiger partial charge in [-0.25, -0.2) is 9.37 Å². The van der Waals surface area contributed by atoms with Crippen LogP contribution in [0.25, 0.3) is 5.65 Å². The van der Waals surface area contributed by atoms with Crippen LogP contribution in [0, 0.1) is 5.82 Å². The fraction of sp³-hybridized carbons (Fsp3) is 0.250. The standard InChI is InChI=1S/C28H29FN4O2/c1-2-24(32(18-8-16-30)27(34)21-12-14-22(29)15-13-21)26-23(19-20-9-4-3-5-10-20)28(35)33-17-7-6-11-25(33)31-26/h3-7,9-15,17,24H,2,8,16,18-19,30H2,1H3. The molecule has 0 radical (unpaired) electrons. The Balaban J connectivity index is 1.86. The number of aromatic nitrogens is 2. The van der Waals surface area contributed by atoms with E-state index in [-0.39, 0.29) is 11.5 Å². The van der Waals surface area contributed by atoms with Crippen molar-refractivity contribution in [3.8, 4) is 0 Å². The summed E-state index contributed by atoms with van der Waals surface area (Å²) in [6, 6.07) is 20.2. The summed E-state index contributed by atoms with van der Waals surface area (Å²) in [4.78, 5) is 33.9. The molecule has 1 unspecified atom stereocenters. The summed E-state index contributed by atoms with van der Waals surface area (Å²) < 4.78 is 15.0. The summed E-state index contributed by atoms with van der Waals surface area (Å²) >= 11 is 0. The Morgan fingerprint density at radius 1 is 1.06 bits per heavy atom. The number of halogens is 1. The summed E-state index contributed by atoms with van der Waals surface area (Å²) in [5, 5.41) is 0. The van der Waals surface area contributed by atoms with Gasteiger partial charge in [0.1, 0.15) is 11.5 Å².